The Kier molecular flexibility index (Phi) is 6.30. The molecule has 0 bridgehead atoms. The summed E-state index contributed by atoms with van der Waals surface area (Å²) in [6.07, 6.45) is 2.99. The standard InChI is InChI=1S/C23H23N3O6S/c1-2-32-23(29)19-14-24-20-10-7-16(13-18(20)21(19)27)25-22(28)15-5-8-17(9-6-15)33(30,31)26-11-3-4-12-26/h5-10,13-14H,2-4,11-12H2,1H3,(H,24,27)(H,25,28). The number of pyridine rings is 1. The van der Waals surface area contributed by atoms with E-state index in [1.165, 1.54) is 40.8 Å². The normalized spacial score (nSPS) is 14.3. The lowest BCUT2D eigenvalue weighted by molar-refractivity contribution is 0.0524. The van der Waals surface area contributed by atoms with Crippen LogP contribution in [0.2, 0.25) is 0 Å². The number of sulfonamides is 1. The van der Waals surface area contributed by atoms with Gasteiger partial charge in [-0.25, -0.2) is 13.2 Å². The molecule has 0 saturated carbocycles. The Hall–Kier alpha value is -3.50. The fraction of sp³-hybridized carbons (Fsp3) is 0.261. The second kappa shape index (κ2) is 9.16. The molecule has 2 N–H and O–H groups in total. The van der Waals surface area contributed by atoms with Crippen LogP contribution in [0.3, 0.4) is 0 Å². The van der Waals surface area contributed by atoms with Crippen molar-refractivity contribution in [2.24, 2.45) is 0 Å². The molecule has 1 aromatic heterocycles. The highest BCUT2D eigenvalue weighted by molar-refractivity contribution is 7.89. The van der Waals surface area contributed by atoms with Crippen LogP contribution in [-0.4, -0.2) is 49.3 Å². The minimum Gasteiger partial charge on any atom is -0.462 e. The molecule has 33 heavy (non-hydrogen) atoms. The summed E-state index contributed by atoms with van der Waals surface area (Å²) in [7, 11) is -3.56. The average Bonchev–Trinajstić information content (AvgIpc) is 3.36. The van der Waals surface area contributed by atoms with Gasteiger partial charge >= 0.3 is 5.97 Å². The van der Waals surface area contributed by atoms with Crippen LogP contribution in [0.1, 0.15) is 40.5 Å². The number of nitrogens with zero attached hydrogens (tertiary/aromatic N) is 1. The molecule has 0 radical (unpaired) electrons. The first-order valence-electron chi connectivity index (χ1n) is 10.6. The van der Waals surface area contributed by atoms with Gasteiger partial charge in [0.1, 0.15) is 5.56 Å². The monoisotopic (exact) mass is 469 g/mol. The van der Waals surface area contributed by atoms with Gasteiger partial charge in [-0.05, 0) is 62.2 Å². The van der Waals surface area contributed by atoms with Gasteiger partial charge in [-0.3, -0.25) is 9.59 Å². The third-order valence-corrected chi connectivity index (χ3v) is 7.37. The zero-order valence-corrected chi connectivity index (χ0v) is 18.8. The smallest absolute Gasteiger partial charge is 0.343 e. The number of esters is 1. The van der Waals surface area contributed by atoms with Crippen LogP contribution < -0.4 is 10.7 Å². The van der Waals surface area contributed by atoms with Crippen LogP contribution in [0, 0.1) is 0 Å². The maximum absolute atomic E-state index is 12.7. The van der Waals surface area contributed by atoms with Gasteiger partial charge in [-0.1, -0.05) is 0 Å². The number of nitrogens with one attached hydrogen (secondary N) is 2. The number of hydrogen-bond donors (Lipinski definition) is 2. The summed E-state index contributed by atoms with van der Waals surface area (Å²) < 4.78 is 31.6. The van der Waals surface area contributed by atoms with Crippen LogP contribution in [-0.2, 0) is 14.8 Å². The first-order chi connectivity index (χ1) is 15.8. The molecule has 10 heteroatoms. The summed E-state index contributed by atoms with van der Waals surface area (Å²) in [5, 5.41) is 2.92. The maximum atomic E-state index is 12.7. The van der Waals surface area contributed by atoms with Crippen molar-refractivity contribution in [1.82, 2.24) is 9.29 Å². The summed E-state index contributed by atoms with van der Waals surface area (Å²) in [6, 6.07) is 10.4. The lowest BCUT2D eigenvalue weighted by Crippen LogP contribution is -2.27. The molecule has 1 aliphatic heterocycles. The molecular formula is C23H23N3O6S. The van der Waals surface area contributed by atoms with Crippen molar-refractivity contribution in [3.8, 4) is 0 Å². The predicted octanol–water partition coefficient (Wildman–Crippen LogP) is 2.74. The quantitative estimate of drug-likeness (QED) is 0.535. The molecule has 0 unspecified atom stereocenters. The van der Waals surface area contributed by atoms with Gasteiger partial charge < -0.3 is 15.0 Å². The number of amides is 1. The van der Waals surface area contributed by atoms with E-state index in [0.717, 1.165) is 12.8 Å². The molecule has 0 atom stereocenters. The van der Waals surface area contributed by atoms with E-state index in [0.29, 0.717) is 24.3 Å². The summed E-state index contributed by atoms with van der Waals surface area (Å²) in [6.45, 7) is 2.80. The summed E-state index contributed by atoms with van der Waals surface area (Å²) in [4.78, 5) is 40.4. The fourth-order valence-corrected chi connectivity index (χ4v) is 5.23. The Morgan fingerprint density at radius 2 is 1.79 bits per heavy atom. The molecule has 2 aromatic carbocycles. The molecule has 0 spiro atoms. The van der Waals surface area contributed by atoms with E-state index in [2.05, 4.69) is 10.3 Å². The minimum atomic E-state index is -3.56. The number of rotatable bonds is 6. The van der Waals surface area contributed by atoms with Crippen LogP contribution in [0.15, 0.2) is 58.4 Å². The van der Waals surface area contributed by atoms with Crippen LogP contribution in [0.4, 0.5) is 5.69 Å². The zero-order chi connectivity index (χ0) is 23.6. The second-order valence-electron chi connectivity index (χ2n) is 7.60. The van der Waals surface area contributed by atoms with E-state index < -0.39 is 27.3 Å². The van der Waals surface area contributed by atoms with Gasteiger partial charge in [0.15, 0.2) is 0 Å². The average molecular weight is 470 g/mol. The van der Waals surface area contributed by atoms with E-state index in [9.17, 15) is 22.8 Å². The van der Waals surface area contributed by atoms with Crippen molar-refractivity contribution in [3.63, 3.8) is 0 Å². The van der Waals surface area contributed by atoms with Gasteiger partial charge in [-0.15, -0.1) is 0 Å². The SMILES string of the molecule is CCOC(=O)c1c[nH]c2ccc(NC(=O)c3ccc(S(=O)(=O)N4CCCC4)cc3)cc2c1=O. The molecule has 1 fully saturated rings. The van der Waals surface area contributed by atoms with Crippen molar-refractivity contribution in [2.75, 3.05) is 25.0 Å². The number of anilines is 1. The highest BCUT2D eigenvalue weighted by Crippen LogP contribution is 2.22. The molecule has 3 aromatic rings. The summed E-state index contributed by atoms with van der Waals surface area (Å²) in [5.74, 6) is -1.18. The van der Waals surface area contributed by atoms with Crippen molar-refractivity contribution >= 4 is 38.5 Å². The van der Waals surface area contributed by atoms with Gasteiger partial charge in [0.05, 0.1) is 11.5 Å². The summed E-state index contributed by atoms with van der Waals surface area (Å²) >= 11 is 0. The van der Waals surface area contributed by atoms with E-state index in [1.807, 2.05) is 0 Å². The Balaban J connectivity index is 1.55. The van der Waals surface area contributed by atoms with E-state index in [-0.39, 0.29) is 28.0 Å². The van der Waals surface area contributed by atoms with Gasteiger partial charge in [0, 0.05) is 41.4 Å². The van der Waals surface area contributed by atoms with Crippen LogP contribution in [0.5, 0.6) is 0 Å². The number of ether oxygens (including phenoxy) is 1. The Labute approximate surface area is 190 Å². The van der Waals surface area contributed by atoms with Crippen LogP contribution in [0.25, 0.3) is 10.9 Å². The van der Waals surface area contributed by atoms with Crippen molar-refractivity contribution in [2.45, 2.75) is 24.7 Å². The number of aromatic amines is 1. The van der Waals surface area contributed by atoms with Crippen molar-refractivity contribution in [3.05, 3.63) is 70.0 Å². The zero-order valence-electron chi connectivity index (χ0n) is 18.0. The number of fused-ring (bicyclic) bond motifs is 1. The largest absolute Gasteiger partial charge is 0.462 e. The number of H-pyrrole nitrogens is 1. The first kappa shape index (κ1) is 22.7. The lowest BCUT2D eigenvalue weighted by Gasteiger charge is -2.15. The molecule has 0 aliphatic carbocycles. The molecule has 1 amide bonds. The van der Waals surface area contributed by atoms with E-state index >= 15 is 0 Å². The third-order valence-electron chi connectivity index (χ3n) is 5.45. The molecule has 4 rings (SSSR count). The lowest BCUT2D eigenvalue weighted by atomic mass is 10.1. The molecule has 1 saturated heterocycles. The molecule has 172 valence electrons. The Morgan fingerprint density at radius 1 is 1.09 bits per heavy atom. The minimum absolute atomic E-state index is 0.123. The van der Waals surface area contributed by atoms with Gasteiger partial charge in [0.2, 0.25) is 15.5 Å². The topological polar surface area (TPSA) is 126 Å². The molecule has 1 aliphatic rings. The van der Waals surface area contributed by atoms with E-state index in [1.54, 1.807) is 19.1 Å². The van der Waals surface area contributed by atoms with Gasteiger partial charge in [0.25, 0.3) is 5.91 Å². The van der Waals surface area contributed by atoms with E-state index in [4.69, 9.17) is 4.74 Å². The number of carbonyl (C=O) groups excluding carboxylic acids is 2. The highest BCUT2D eigenvalue weighted by atomic mass is 32.2. The highest BCUT2D eigenvalue weighted by Gasteiger charge is 2.27. The van der Waals surface area contributed by atoms with Gasteiger partial charge in [-0.2, -0.15) is 4.31 Å². The fourth-order valence-electron chi connectivity index (χ4n) is 3.72. The Bertz CT molecular complexity index is 1370. The van der Waals surface area contributed by atoms with Crippen molar-refractivity contribution in [1.29, 1.82) is 0 Å². The predicted molar refractivity (Wildman–Crippen MR) is 123 cm³/mol. The van der Waals surface area contributed by atoms with Crippen LogP contribution >= 0.6 is 0 Å². The first-order valence-corrected chi connectivity index (χ1v) is 12.0. The second-order valence-corrected chi connectivity index (χ2v) is 9.54. The number of hydrogen-bond acceptors (Lipinski definition) is 6. The number of carbonyl (C=O) groups is 2. The molecular weight excluding hydrogens is 446 g/mol. The van der Waals surface area contributed by atoms with Crippen molar-refractivity contribution < 1.29 is 22.7 Å². The summed E-state index contributed by atoms with van der Waals surface area (Å²) in [5.41, 5.74) is 0.498. The maximum Gasteiger partial charge on any atom is 0.343 e. The third kappa shape index (κ3) is 4.53. The Morgan fingerprint density at radius 3 is 2.45 bits per heavy atom. The molecule has 9 nitrogen and oxygen atoms in total. The number of benzene rings is 2. The number of aromatic nitrogens is 1. The molecule has 2 heterocycles.